The van der Waals surface area contributed by atoms with E-state index in [9.17, 15) is 0 Å². The van der Waals surface area contributed by atoms with Crippen molar-refractivity contribution in [2.45, 2.75) is 32.7 Å². The van der Waals surface area contributed by atoms with Gasteiger partial charge in [0, 0.05) is 29.8 Å². The lowest BCUT2D eigenvalue weighted by Gasteiger charge is -2.16. The standard InChI is InChI=1S/C15H19Cl2N3/c1-11(2)9-20-15(18-10-19-20)7-12(8-16)13-5-3-4-6-14(13)17/h3-6,10-12H,7-9H2,1-2H3. The fourth-order valence-electron chi connectivity index (χ4n) is 2.22. The first-order valence-electron chi connectivity index (χ1n) is 6.79. The van der Waals surface area contributed by atoms with E-state index in [0.29, 0.717) is 11.8 Å². The van der Waals surface area contributed by atoms with E-state index < -0.39 is 0 Å². The van der Waals surface area contributed by atoms with Crippen molar-refractivity contribution in [3.05, 3.63) is 47.0 Å². The third-order valence-electron chi connectivity index (χ3n) is 3.19. The lowest BCUT2D eigenvalue weighted by molar-refractivity contribution is 0.461. The topological polar surface area (TPSA) is 30.7 Å². The van der Waals surface area contributed by atoms with Crippen LogP contribution < -0.4 is 0 Å². The zero-order valence-corrected chi connectivity index (χ0v) is 13.3. The summed E-state index contributed by atoms with van der Waals surface area (Å²) in [6.45, 7) is 5.20. The fourth-order valence-corrected chi connectivity index (χ4v) is 2.78. The molecule has 2 rings (SSSR count). The van der Waals surface area contributed by atoms with Gasteiger partial charge >= 0.3 is 0 Å². The number of rotatable bonds is 6. The highest BCUT2D eigenvalue weighted by molar-refractivity contribution is 6.31. The maximum atomic E-state index is 6.26. The molecule has 0 saturated heterocycles. The molecular formula is C15H19Cl2N3. The molecule has 0 aliphatic rings. The van der Waals surface area contributed by atoms with Crippen LogP contribution in [0.1, 0.15) is 31.2 Å². The summed E-state index contributed by atoms with van der Waals surface area (Å²) in [4.78, 5) is 4.36. The first-order chi connectivity index (χ1) is 9.61. The molecule has 3 nitrogen and oxygen atoms in total. The number of nitrogens with zero attached hydrogens (tertiary/aromatic N) is 3. The maximum absolute atomic E-state index is 6.26. The summed E-state index contributed by atoms with van der Waals surface area (Å²) in [5, 5.41) is 5.05. The van der Waals surface area contributed by atoms with Gasteiger partial charge in [0.15, 0.2) is 0 Å². The molecule has 1 heterocycles. The molecule has 2 aromatic rings. The number of hydrogen-bond acceptors (Lipinski definition) is 2. The van der Waals surface area contributed by atoms with Gasteiger partial charge in [0.25, 0.3) is 0 Å². The van der Waals surface area contributed by atoms with Gasteiger partial charge in [-0.3, -0.25) is 0 Å². The average Bonchev–Trinajstić information content (AvgIpc) is 2.83. The van der Waals surface area contributed by atoms with Gasteiger partial charge in [0.2, 0.25) is 0 Å². The van der Waals surface area contributed by atoms with Crippen LogP contribution >= 0.6 is 23.2 Å². The summed E-state index contributed by atoms with van der Waals surface area (Å²) in [6.07, 6.45) is 2.36. The molecule has 1 atom stereocenters. The Morgan fingerprint density at radius 3 is 2.65 bits per heavy atom. The molecule has 0 bridgehead atoms. The van der Waals surface area contributed by atoms with Crippen molar-refractivity contribution in [3.63, 3.8) is 0 Å². The zero-order chi connectivity index (χ0) is 14.5. The van der Waals surface area contributed by atoms with Crippen molar-refractivity contribution in [2.24, 2.45) is 5.92 Å². The molecule has 0 saturated carbocycles. The first-order valence-corrected chi connectivity index (χ1v) is 7.70. The lowest BCUT2D eigenvalue weighted by atomic mass is 9.97. The number of aromatic nitrogens is 3. The monoisotopic (exact) mass is 311 g/mol. The third kappa shape index (κ3) is 3.74. The smallest absolute Gasteiger partial charge is 0.138 e. The Balaban J connectivity index is 2.19. The second-order valence-corrected chi connectivity index (χ2v) is 6.04. The minimum Gasteiger partial charge on any atom is -0.250 e. The second-order valence-electron chi connectivity index (χ2n) is 5.33. The summed E-state index contributed by atoms with van der Waals surface area (Å²) < 4.78 is 1.96. The van der Waals surface area contributed by atoms with Crippen LogP contribution in [0.4, 0.5) is 0 Å². The molecule has 0 spiro atoms. The molecule has 0 amide bonds. The summed E-state index contributed by atoms with van der Waals surface area (Å²) in [5.74, 6) is 2.16. The molecule has 20 heavy (non-hydrogen) atoms. The summed E-state index contributed by atoms with van der Waals surface area (Å²) in [6, 6.07) is 7.84. The van der Waals surface area contributed by atoms with Gasteiger partial charge in [0.1, 0.15) is 12.2 Å². The Morgan fingerprint density at radius 1 is 1.25 bits per heavy atom. The van der Waals surface area contributed by atoms with E-state index in [-0.39, 0.29) is 5.92 Å². The quantitative estimate of drug-likeness (QED) is 0.750. The Labute approximate surface area is 129 Å². The number of alkyl halides is 1. The van der Waals surface area contributed by atoms with Crippen molar-refractivity contribution >= 4 is 23.2 Å². The molecule has 0 N–H and O–H groups in total. The van der Waals surface area contributed by atoms with E-state index in [1.54, 1.807) is 6.33 Å². The van der Waals surface area contributed by atoms with Crippen molar-refractivity contribution in [1.82, 2.24) is 14.8 Å². The van der Waals surface area contributed by atoms with Crippen LogP contribution in [0.15, 0.2) is 30.6 Å². The van der Waals surface area contributed by atoms with Crippen molar-refractivity contribution in [3.8, 4) is 0 Å². The highest BCUT2D eigenvalue weighted by atomic mass is 35.5. The number of halogens is 2. The van der Waals surface area contributed by atoms with Crippen LogP contribution in [0, 0.1) is 5.92 Å². The van der Waals surface area contributed by atoms with Gasteiger partial charge in [-0.05, 0) is 17.5 Å². The molecule has 0 aliphatic carbocycles. The Bertz CT molecular complexity index is 552. The Morgan fingerprint density at radius 2 is 2.00 bits per heavy atom. The first kappa shape index (κ1) is 15.3. The molecular weight excluding hydrogens is 293 g/mol. The van der Waals surface area contributed by atoms with E-state index in [0.717, 1.165) is 29.4 Å². The maximum Gasteiger partial charge on any atom is 0.138 e. The van der Waals surface area contributed by atoms with Crippen molar-refractivity contribution in [1.29, 1.82) is 0 Å². The predicted molar refractivity (Wildman–Crippen MR) is 83.5 cm³/mol. The van der Waals surface area contributed by atoms with Gasteiger partial charge < -0.3 is 0 Å². The zero-order valence-electron chi connectivity index (χ0n) is 11.8. The van der Waals surface area contributed by atoms with Crippen LogP contribution in [-0.2, 0) is 13.0 Å². The van der Waals surface area contributed by atoms with Gasteiger partial charge in [-0.2, -0.15) is 5.10 Å². The molecule has 0 aliphatic heterocycles. The predicted octanol–water partition coefficient (Wildman–Crippen LogP) is 4.15. The van der Waals surface area contributed by atoms with Crippen LogP contribution in [0.25, 0.3) is 0 Å². The average molecular weight is 312 g/mol. The molecule has 1 aromatic heterocycles. The van der Waals surface area contributed by atoms with E-state index >= 15 is 0 Å². The molecule has 108 valence electrons. The fraction of sp³-hybridized carbons (Fsp3) is 0.467. The SMILES string of the molecule is CC(C)Cn1ncnc1CC(CCl)c1ccccc1Cl. The van der Waals surface area contributed by atoms with E-state index in [4.69, 9.17) is 23.2 Å². The van der Waals surface area contributed by atoms with Gasteiger partial charge in [-0.15, -0.1) is 11.6 Å². The van der Waals surface area contributed by atoms with Crippen molar-refractivity contribution < 1.29 is 0 Å². The van der Waals surface area contributed by atoms with Crippen LogP contribution in [0.2, 0.25) is 5.02 Å². The Hall–Kier alpha value is -1.06. The minimum absolute atomic E-state index is 0.153. The molecule has 0 fully saturated rings. The Kier molecular flexibility index (Phi) is 5.44. The van der Waals surface area contributed by atoms with Crippen LogP contribution in [0.5, 0.6) is 0 Å². The molecule has 1 unspecified atom stereocenters. The summed E-state index contributed by atoms with van der Waals surface area (Å²) in [7, 11) is 0. The second kappa shape index (κ2) is 7.09. The highest BCUT2D eigenvalue weighted by Gasteiger charge is 2.17. The molecule has 1 aromatic carbocycles. The minimum atomic E-state index is 0.153. The van der Waals surface area contributed by atoms with Crippen LogP contribution in [-0.4, -0.2) is 20.6 Å². The summed E-state index contributed by atoms with van der Waals surface area (Å²) >= 11 is 12.4. The highest BCUT2D eigenvalue weighted by Crippen LogP contribution is 2.28. The molecule has 0 radical (unpaired) electrons. The van der Waals surface area contributed by atoms with Gasteiger partial charge in [-0.25, -0.2) is 9.67 Å². The largest absolute Gasteiger partial charge is 0.250 e. The lowest BCUT2D eigenvalue weighted by Crippen LogP contribution is -2.14. The van der Waals surface area contributed by atoms with Crippen molar-refractivity contribution in [2.75, 3.05) is 5.88 Å². The van der Waals surface area contributed by atoms with E-state index in [1.165, 1.54) is 0 Å². The molecule has 5 heteroatoms. The number of hydrogen-bond donors (Lipinski definition) is 0. The van der Waals surface area contributed by atoms with Crippen LogP contribution in [0.3, 0.4) is 0 Å². The van der Waals surface area contributed by atoms with E-state index in [1.807, 2.05) is 28.9 Å². The van der Waals surface area contributed by atoms with E-state index in [2.05, 4.69) is 23.9 Å². The summed E-state index contributed by atoms with van der Waals surface area (Å²) in [5.41, 5.74) is 1.07. The number of benzene rings is 1. The normalized spacial score (nSPS) is 12.8. The van der Waals surface area contributed by atoms with Gasteiger partial charge in [0.05, 0.1) is 0 Å². The third-order valence-corrected chi connectivity index (χ3v) is 3.91. The van der Waals surface area contributed by atoms with Gasteiger partial charge in [-0.1, -0.05) is 43.6 Å².